The summed E-state index contributed by atoms with van der Waals surface area (Å²) in [4.78, 5) is 29.2. The Balaban J connectivity index is 2.04. The number of carboxylic acids is 1. The van der Waals surface area contributed by atoms with Gasteiger partial charge in [0.2, 0.25) is 0 Å². The first kappa shape index (κ1) is 12.9. The average Bonchev–Trinajstić information content (AvgIpc) is 3.01. The molecular formula is C13H12ClN3O3. The normalized spacial score (nSPS) is 18.6. The Hall–Kier alpha value is -2.08. The van der Waals surface area contributed by atoms with Crippen molar-refractivity contribution >= 4 is 29.1 Å². The minimum absolute atomic E-state index is 0.0947. The van der Waals surface area contributed by atoms with E-state index in [2.05, 4.69) is 4.98 Å². The Morgan fingerprint density at radius 1 is 1.40 bits per heavy atom. The van der Waals surface area contributed by atoms with Crippen molar-refractivity contribution in [1.82, 2.24) is 14.3 Å². The standard InChI is InChI=1S/C13H12ClN3O3/c14-11-10(17-6-2-1-5-9(17)15-11)12(18)16-7-3-4-8(16)13(19)20/h1-2,5-6,8H,3-4,7H2,(H,19,20). The van der Waals surface area contributed by atoms with E-state index in [-0.39, 0.29) is 10.8 Å². The van der Waals surface area contributed by atoms with Gasteiger partial charge in [0.25, 0.3) is 5.91 Å². The molecule has 1 aliphatic rings. The van der Waals surface area contributed by atoms with Crippen molar-refractivity contribution in [1.29, 1.82) is 0 Å². The summed E-state index contributed by atoms with van der Waals surface area (Å²) in [5.41, 5.74) is 0.780. The van der Waals surface area contributed by atoms with E-state index in [0.29, 0.717) is 25.0 Å². The van der Waals surface area contributed by atoms with E-state index < -0.39 is 17.9 Å². The van der Waals surface area contributed by atoms with E-state index in [1.165, 1.54) is 4.90 Å². The van der Waals surface area contributed by atoms with E-state index in [4.69, 9.17) is 16.7 Å². The zero-order chi connectivity index (χ0) is 14.3. The number of aliphatic carboxylic acids is 1. The predicted octanol–water partition coefficient (Wildman–Crippen LogP) is 1.68. The number of imidazole rings is 1. The number of aromatic nitrogens is 2. The summed E-state index contributed by atoms with van der Waals surface area (Å²) in [5, 5.41) is 9.26. The fourth-order valence-corrected chi connectivity index (χ4v) is 2.82. The Morgan fingerprint density at radius 2 is 2.20 bits per heavy atom. The smallest absolute Gasteiger partial charge is 0.326 e. The highest BCUT2D eigenvalue weighted by atomic mass is 35.5. The third-order valence-corrected chi connectivity index (χ3v) is 3.75. The molecule has 7 heteroatoms. The minimum atomic E-state index is -0.985. The second-order valence-corrected chi connectivity index (χ2v) is 5.03. The van der Waals surface area contributed by atoms with Gasteiger partial charge in [-0.15, -0.1) is 0 Å². The molecule has 104 valence electrons. The van der Waals surface area contributed by atoms with Gasteiger partial charge in [0, 0.05) is 12.7 Å². The Morgan fingerprint density at radius 3 is 2.95 bits per heavy atom. The summed E-state index contributed by atoms with van der Waals surface area (Å²) in [6, 6.07) is 4.51. The number of carboxylic acid groups (broad SMARTS) is 1. The molecule has 20 heavy (non-hydrogen) atoms. The van der Waals surface area contributed by atoms with Crippen LogP contribution in [0.25, 0.3) is 5.65 Å². The van der Waals surface area contributed by atoms with Crippen molar-refractivity contribution in [2.24, 2.45) is 0 Å². The number of amides is 1. The van der Waals surface area contributed by atoms with E-state index in [0.717, 1.165) is 0 Å². The number of carbonyl (C=O) groups is 2. The molecule has 2 aromatic rings. The van der Waals surface area contributed by atoms with Crippen LogP contribution in [0.4, 0.5) is 0 Å². The summed E-state index contributed by atoms with van der Waals surface area (Å²) in [7, 11) is 0. The third kappa shape index (κ3) is 1.92. The lowest BCUT2D eigenvalue weighted by molar-refractivity contribution is -0.141. The van der Waals surface area contributed by atoms with Gasteiger partial charge < -0.3 is 10.0 Å². The Kier molecular flexibility index (Phi) is 3.10. The number of hydrogen-bond donors (Lipinski definition) is 1. The second kappa shape index (κ2) is 4.79. The lowest BCUT2D eigenvalue weighted by Crippen LogP contribution is -2.41. The van der Waals surface area contributed by atoms with Gasteiger partial charge in [0.05, 0.1) is 0 Å². The zero-order valence-corrected chi connectivity index (χ0v) is 11.2. The number of rotatable bonds is 2. The van der Waals surface area contributed by atoms with Gasteiger partial charge in [-0.3, -0.25) is 9.20 Å². The number of fused-ring (bicyclic) bond motifs is 1. The van der Waals surface area contributed by atoms with Crippen molar-refractivity contribution in [2.45, 2.75) is 18.9 Å². The van der Waals surface area contributed by atoms with Crippen LogP contribution in [0, 0.1) is 0 Å². The van der Waals surface area contributed by atoms with Crippen LogP contribution in [-0.2, 0) is 4.79 Å². The third-order valence-electron chi connectivity index (χ3n) is 3.49. The molecule has 1 amide bonds. The highest BCUT2D eigenvalue weighted by molar-refractivity contribution is 6.32. The molecule has 0 spiro atoms. The topological polar surface area (TPSA) is 74.9 Å². The molecule has 0 bridgehead atoms. The lowest BCUT2D eigenvalue weighted by Gasteiger charge is -2.21. The quantitative estimate of drug-likeness (QED) is 0.914. The van der Waals surface area contributed by atoms with Crippen molar-refractivity contribution in [3.05, 3.63) is 35.2 Å². The Labute approximate surface area is 119 Å². The molecular weight excluding hydrogens is 282 g/mol. The van der Waals surface area contributed by atoms with Crippen molar-refractivity contribution < 1.29 is 14.7 Å². The van der Waals surface area contributed by atoms with E-state index in [1.807, 2.05) is 0 Å². The Bertz CT molecular complexity index is 697. The van der Waals surface area contributed by atoms with Gasteiger partial charge in [-0.25, -0.2) is 9.78 Å². The van der Waals surface area contributed by atoms with E-state index >= 15 is 0 Å². The molecule has 1 aliphatic heterocycles. The molecule has 0 saturated carbocycles. The van der Waals surface area contributed by atoms with Crippen LogP contribution in [0.15, 0.2) is 24.4 Å². The number of nitrogens with zero attached hydrogens (tertiary/aromatic N) is 3. The first-order chi connectivity index (χ1) is 9.59. The molecule has 6 nitrogen and oxygen atoms in total. The summed E-state index contributed by atoms with van der Waals surface area (Å²) in [6.45, 7) is 0.423. The predicted molar refractivity (Wildman–Crippen MR) is 71.9 cm³/mol. The summed E-state index contributed by atoms with van der Waals surface area (Å²) in [6.07, 6.45) is 2.83. The van der Waals surface area contributed by atoms with Crippen LogP contribution in [0.5, 0.6) is 0 Å². The molecule has 1 atom stereocenters. The van der Waals surface area contributed by atoms with E-state index in [1.54, 1.807) is 28.8 Å². The summed E-state index contributed by atoms with van der Waals surface area (Å²) in [5.74, 6) is -1.38. The van der Waals surface area contributed by atoms with Gasteiger partial charge in [-0.1, -0.05) is 17.7 Å². The van der Waals surface area contributed by atoms with E-state index in [9.17, 15) is 9.59 Å². The van der Waals surface area contributed by atoms with Crippen LogP contribution in [0.3, 0.4) is 0 Å². The van der Waals surface area contributed by atoms with Crippen molar-refractivity contribution in [2.75, 3.05) is 6.54 Å². The fourth-order valence-electron chi connectivity index (χ4n) is 2.56. The number of halogens is 1. The SMILES string of the molecule is O=C(O)C1CCCN1C(=O)c1c(Cl)nc2ccccn12. The summed E-state index contributed by atoms with van der Waals surface area (Å²) < 4.78 is 1.59. The number of hydrogen-bond acceptors (Lipinski definition) is 3. The number of carbonyl (C=O) groups excluding carboxylic acids is 1. The van der Waals surface area contributed by atoms with Crippen LogP contribution >= 0.6 is 11.6 Å². The molecule has 1 fully saturated rings. The minimum Gasteiger partial charge on any atom is -0.480 e. The summed E-state index contributed by atoms with van der Waals surface area (Å²) >= 11 is 6.04. The van der Waals surface area contributed by atoms with Gasteiger partial charge >= 0.3 is 5.97 Å². The first-order valence-electron chi connectivity index (χ1n) is 6.26. The second-order valence-electron chi connectivity index (χ2n) is 4.67. The maximum atomic E-state index is 12.6. The van der Waals surface area contributed by atoms with Crippen LogP contribution in [0.1, 0.15) is 23.3 Å². The first-order valence-corrected chi connectivity index (χ1v) is 6.64. The van der Waals surface area contributed by atoms with Crippen LogP contribution in [-0.4, -0.2) is 43.9 Å². The van der Waals surface area contributed by atoms with Crippen molar-refractivity contribution in [3.8, 4) is 0 Å². The zero-order valence-electron chi connectivity index (χ0n) is 10.5. The maximum Gasteiger partial charge on any atom is 0.326 e. The molecule has 0 radical (unpaired) electrons. The molecule has 0 aliphatic carbocycles. The molecule has 3 rings (SSSR count). The maximum absolute atomic E-state index is 12.6. The molecule has 3 heterocycles. The molecule has 1 saturated heterocycles. The van der Waals surface area contributed by atoms with Crippen LogP contribution < -0.4 is 0 Å². The highest BCUT2D eigenvalue weighted by Crippen LogP contribution is 2.24. The van der Waals surface area contributed by atoms with Gasteiger partial charge in [-0.2, -0.15) is 0 Å². The van der Waals surface area contributed by atoms with Gasteiger partial charge in [0.15, 0.2) is 10.8 Å². The van der Waals surface area contributed by atoms with Gasteiger partial charge in [-0.05, 0) is 25.0 Å². The molecule has 2 aromatic heterocycles. The van der Waals surface area contributed by atoms with Gasteiger partial charge in [0.1, 0.15) is 11.7 Å². The largest absolute Gasteiger partial charge is 0.480 e. The number of likely N-dealkylation sites (tertiary alicyclic amines) is 1. The molecule has 1 N–H and O–H groups in total. The molecule has 1 unspecified atom stereocenters. The van der Waals surface area contributed by atoms with Crippen molar-refractivity contribution in [3.63, 3.8) is 0 Å². The van der Waals surface area contributed by atoms with Crippen LogP contribution in [0.2, 0.25) is 5.15 Å². The lowest BCUT2D eigenvalue weighted by atomic mass is 10.2. The highest BCUT2D eigenvalue weighted by Gasteiger charge is 2.36. The number of pyridine rings is 1. The molecule has 0 aromatic carbocycles. The fraction of sp³-hybridized carbons (Fsp3) is 0.308. The average molecular weight is 294 g/mol. The monoisotopic (exact) mass is 293 g/mol.